The highest BCUT2D eigenvalue weighted by Gasteiger charge is 2.66. The first-order valence-corrected chi connectivity index (χ1v) is 6.95. The van der Waals surface area contributed by atoms with Crippen LogP contribution in [0.5, 0.6) is 0 Å². The maximum atomic E-state index is 6.59. The van der Waals surface area contributed by atoms with Crippen molar-refractivity contribution in [1.82, 2.24) is 4.98 Å². The lowest BCUT2D eigenvalue weighted by Crippen LogP contribution is -2.16. The molecular weight excluding hydrogens is 232 g/mol. The third-order valence-electron chi connectivity index (χ3n) is 5.57. The molecule has 100 valence electrons. The van der Waals surface area contributed by atoms with Crippen molar-refractivity contribution in [3.63, 3.8) is 0 Å². The van der Waals surface area contributed by atoms with Crippen molar-refractivity contribution in [3.05, 3.63) is 42.2 Å². The van der Waals surface area contributed by atoms with Gasteiger partial charge >= 0.3 is 0 Å². The normalized spacial score (nSPS) is 22.4. The number of nitrogens with two attached hydrogens (primary N) is 1. The molecule has 0 amide bonds. The zero-order valence-corrected chi connectivity index (χ0v) is 12.1. The number of benzene rings is 1. The predicted molar refractivity (Wildman–Crippen MR) is 79.7 cm³/mol. The first kappa shape index (κ1) is 12.6. The molecule has 1 aromatic carbocycles. The second kappa shape index (κ2) is 3.80. The molecule has 0 radical (unpaired) electrons. The Hall–Kier alpha value is -1.41. The second-order valence-corrected chi connectivity index (χ2v) is 6.89. The summed E-state index contributed by atoms with van der Waals surface area (Å²) in [5, 5.41) is 2.41. The van der Waals surface area contributed by atoms with Gasteiger partial charge in [0.05, 0.1) is 0 Å². The van der Waals surface area contributed by atoms with Crippen molar-refractivity contribution in [2.75, 3.05) is 0 Å². The van der Waals surface area contributed by atoms with Crippen LogP contribution in [-0.2, 0) is 0 Å². The Kier molecular flexibility index (Phi) is 2.52. The fraction of sp³-hybridized carbons (Fsp3) is 0.471. The molecular formula is C17H22N2. The van der Waals surface area contributed by atoms with E-state index in [1.54, 1.807) is 0 Å². The van der Waals surface area contributed by atoms with Crippen LogP contribution in [0.4, 0.5) is 0 Å². The molecule has 1 aromatic heterocycles. The predicted octanol–water partition coefficient (Wildman–Crippen LogP) is 3.92. The quantitative estimate of drug-likeness (QED) is 0.882. The molecule has 1 unspecified atom stereocenters. The molecule has 1 aliphatic rings. The highest BCUT2D eigenvalue weighted by molar-refractivity contribution is 5.85. The van der Waals surface area contributed by atoms with Gasteiger partial charge in [-0.25, -0.2) is 0 Å². The van der Waals surface area contributed by atoms with Crippen LogP contribution in [-0.4, -0.2) is 4.98 Å². The number of hydrogen-bond acceptors (Lipinski definition) is 2. The lowest BCUT2D eigenvalue weighted by molar-refractivity contribution is 0.457. The van der Waals surface area contributed by atoms with E-state index in [1.165, 1.54) is 16.3 Å². The van der Waals surface area contributed by atoms with Gasteiger partial charge in [-0.05, 0) is 33.8 Å². The highest BCUT2D eigenvalue weighted by atomic mass is 14.8. The van der Waals surface area contributed by atoms with E-state index in [1.807, 2.05) is 12.4 Å². The number of pyridine rings is 1. The van der Waals surface area contributed by atoms with Crippen molar-refractivity contribution >= 4 is 10.8 Å². The third kappa shape index (κ3) is 1.63. The van der Waals surface area contributed by atoms with Crippen molar-refractivity contribution in [2.24, 2.45) is 22.5 Å². The van der Waals surface area contributed by atoms with Crippen LogP contribution in [0.25, 0.3) is 10.8 Å². The SMILES string of the molecule is CC1(C)C(C(N)c2cccc3ccncc23)C1(C)C. The minimum Gasteiger partial charge on any atom is -0.324 e. The zero-order valence-electron chi connectivity index (χ0n) is 12.1. The van der Waals surface area contributed by atoms with Gasteiger partial charge in [0, 0.05) is 23.8 Å². The Morgan fingerprint density at radius 2 is 1.79 bits per heavy atom. The van der Waals surface area contributed by atoms with E-state index in [0.717, 1.165) is 0 Å². The van der Waals surface area contributed by atoms with Crippen LogP contribution < -0.4 is 5.73 Å². The van der Waals surface area contributed by atoms with Crippen LogP contribution in [0.2, 0.25) is 0 Å². The molecule has 1 heterocycles. The summed E-state index contributed by atoms with van der Waals surface area (Å²) in [7, 11) is 0. The van der Waals surface area contributed by atoms with Crippen LogP contribution in [0.1, 0.15) is 39.3 Å². The van der Waals surface area contributed by atoms with E-state index in [4.69, 9.17) is 5.73 Å². The lowest BCUT2D eigenvalue weighted by Gasteiger charge is -2.16. The van der Waals surface area contributed by atoms with Crippen molar-refractivity contribution < 1.29 is 0 Å². The smallest absolute Gasteiger partial charge is 0.0349 e. The molecule has 2 N–H and O–H groups in total. The third-order valence-corrected chi connectivity index (χ3v) is 5.57. The van der Waals surface area contributed by atoms with E-state index in [0.29, 0.717) is 16.7 Å². The molecule has 1 fully saturated rings. The largest absolute Gasteiger partial charge is 0.324 e. The molecule has 19 heavy (non-hydrogen) atoms. The minimum atomic E-state index is 0.0814. The summed E-state index contributed by atoms with van der Waals surface area (Å²) >= 11 is 0. The Bertz CT molecular complexity index is 609. The maximum Gasteiger partial charge on any atom is 0.0349 e. The molecule has 2 aromatic rings. The van der Waals surface area contributed by atoms with E-state index in [2.05, 4.69) is 56.9 Å². The molecule has 1 saturated carbocycles. The molecule has 3 rings (SSSR count). The summed E-state index contributed by atoms with van der Waals surface area (Å²) in [6.45, 7) is 9.28. The fourth-order valence-corrected chi connectivity index (χ4v) is 3.75. The summed E-state index contributed by atoms with van der Waals surface area (Å²) in [6.07, 6.45) is 3.77. The van der Waals surface area contributed by atoms with Gasteiger partial charge in [0.25, 0.3) is 0 Å². The molecule has 1 atom stereocenters. The number of aromatic nitrogens is 1. The number of nitrogens with zero attached hydrogens (tertiary/aromatic N) is 1. The summed E-state index contributed by atoms with van der Waals surface area (Å²) in [6, 6.07) is 8.50. The number of rotatable bonds is 2. The van der Waals surface area contributed by atoms with E-state index in [9.17, 15) is 0 Å². The van der Waals surface area contributed by atoms with Gasteiger partial charge in [-0.2, -0.15) is 0 Å². The Labute approximate surface area is 115 Å². The maximum absolute atomic E-state index is 6.59. The van der Waals surface area contributed by atoms with Crippen LogP contribution in [0.15, 0.2) is 36.7 Å². The van der Waals surface area contributed by atoms with Crippen LogP contribution >= 0.6 is 0 Å². The van der Waals surface area contributed by atoms with E-state index >= 15 is 0 Å². The Morgan fingerprint density at radius 1 is 1.11 bits per heavy atom. The summed E-state index contributed by atoms with van der Waals surface area (Å²) in [5.41, 5.74) is 8.43. The molecule has 1 aliphatic carbocycles. The average Bonchev–Trinajstić information content (AvgIpc) is 2.78. The van der Waals surface area contributed by atoms with Gasteiger partial charge in [-0.3, -0.25) is 4.98 Å². The van der Waals surface area contributed by atoms with Gasteiger partial charge < -0.3 is 5.73 Å². The second-order valence-electron chi connectivity index (χ2n) is 6.89. The van der Waals surface area contributed by atoms with Crippen LogP contribution in [0.3, 0.4) is 0 Å². The van der Waals surface area contributed by atoms with Gasteiger partial charge in [0.1, 0.15) is 0 Å². The van der Waals surface area contributed by atoms with Gasteiger partial charge in [-0.15, -0.1) is 0 Å². The minimum absolute atomic E-state index is 0.0814. The van der Waals surface area contributed by atoms with E-state index < -0.39 is 0 Å². The van der Waals surface area contributed by atoms with Crippen molar-refractivity contribution in [2.45, 2.75) is 33.7 Å². The standard InChI is InChI=1S/C17H22N2/c1-16(2)15(17(16,3)4)14(18)12-7-5-6-11-8-9-19-10-13(11)12/h5-10,14-15H,18H2,1-4H3. The van der Waals surface area contributed by atoms with Crippen molar-refractivity contribution in [1.29, 1.82) is 0 Å². The molecule has 0 saturated heterocycles. The topological polar surface area (TPSA) is 38.9 Å². The van der Waals surface area contributed by atoms with Crippen LogP contribution in [0, 0.1) is 16.7 Å². The Balaban J connectivity index is 2.07. The summed E-state index contributed by atoms with van der Waals surface area (Å²) in [4.78, 5) is 4.25. The Morgan fingerprint density at radius 3 is 2.42 bits per heavy atom. The number of fused-ring (bicyclic) bond motifs is 1. The molecule has 2 nitrogen and oxygen atoms in total. The molecule has 0 spiro atoms. The molecule has 0 aliphatic heterocycles. The van der Waals surface area contributed by atoms with Gasteiger partial charge in [0.15, 0.2) is 0 Å². The molecule has 2 heteroatoms. The van der Waals surface area contributed by atoms with E-state index in [-0.39, 0.29) is 6.04 Å². The molecule has 0 bridgehead atoms. The summed E-state index contributed by atoms with van der Waals surface area (Å²) < 4.78 is 0. The monoisotopic (exact) mass is 254 g/mol. The fourth-order valence-electron chi connectivity index (χ4n) is 3.75. The highest BCUT2D eigenvalue weighted by Crippen LogP contribution is 2.71. The van der Waals surface area contributed by atoms with Crippen molar-refractivity contribution in [3.8, 4) is 0 Å². The number of hydrogen-bond donors (Lipinski definition) is 1. The first-order valence-electron chi connectivity index (χ1n) is 6.95. The zero-order chi connectivity index (χ0) is 13.8. The van der Waals surface area contributed by atoms with Gasteiger partial charge in [0.2, 0.25) is 0 Å². The lowest BCUT2D eigenvalue weighted by atomic mass is 9.94. The summed E-state index contributed by atoms with van der Waals surface area (Å²) in [5.74, 6) is 0.519. The first-order chi connectivity index (χ1) is 8.87. The van der Waals surface area contributed by atoms with Gasteiger partial charge in [-0.1, -0.05) is 45.9 Å². The average molecular weight is 254 g/mol.